The minimum Gasteiger partial charge on any atom is -0.486 e. The van der Waals surface area contributed by atoms with Crippen LogP contribution in [-0.2, 0) is 0 Å². The van der Waals surface area contributed by atoms with Crippen LogP contribution in [-0.4, -0.2) is 32.3 Å². The smallest absolute Gasteiger partial charge is 0.314 e. The molecule has 2 rings (SSSR count). The molecule has 1 unspecified atom stereocenters. The Morgan fingerprint density at radius 1 is 1.44 bits per heavy atom. The monoisotopic (exact) mass is 222 g/mol. The van der Waals surface area contributed by atoms with Crippen molar-refractivity contribution in [2.24, 2.45) is 0 Å². The van der Waals surface area contributed by atoms with E-state index < -0.39 is 0 Å². The van der Waals surface area contributed by atoms with Crippen molar-refractivity contribution in [2.45, 2.75) is 6.10 Å². The van der Waals surface area contributed by atoms with Crippen LogP contribution < -0.4 is 20.1 Å². The number of nitrogens with one attached hydrogen (secondary N) is 2. The van der Waals surface area contributed by atoms with E-state index in [1.54, 1.807) is 7.05 Å². The Balaban J connectivity index is 1.90. The fourth-order valence-electron chi connectivity index (χ4n) is 1.46. The van der Waals surface area contributed by atoms with E-state index in [1.807, 2.05) is 24.3 Å². The van der Waals surface area contributed by atoms with Crippen LogP contribution in [0.3, 0.4) is 0 Å². The summed E-state index contributed by atoms with van der Waals surface area (Å²) < 4.78 is 11.2. The molecule has 0 spiro atoms. The third-order valence-corrected chi connectivity index (χ3v) is 2.28. The van der Waals surface area contributed by atoms with Crippen LogP contribution >= 0.6 is 0 Å². The summed E-state index contributed by atoms with van der Waals surface area (Å²) in [7, 11) is 1.57. The van der Waals surface area contributed by atoms with E-state index in [0.717, 1.165) is 11.5 Å². The third kappa shape index (κ3) is 2.36. The minimum atomic E-state index is -0.220. The topological polar surface area (TPSA) is 59.6 Å². The first-order valence-corrected chi connectivity index (χ1v) is 5.13. The predicted octanol–water partition coefficient (Wildman–Crippen LogP) is 0.755. The SMILES string of the molecule is CNC(=O)NCC1COc2ccccc2O1. The molecule has 2 N–H and O–H groups in total. The molecular formula is C11H14N2O3. The molecular weight excluding hydrogens is 208 g/mol. The molecule has 0 fully saturated rings. The summed E-state index contributed by atoms with van der Waals surface area (Å²) in [5.74, 6) is 1.47. The highest BCUT2D eigenvalue weighted by atomic mass is 16.6. The average Bonchev–Trinajstić information content (AvgIpc) is 2.35. The summed E-state index contributed by atoms with van der Waals surface area (Å²) in [6.07, 6.45) is -0.146. The van der Waals surface area contributed by atoms with Gasteiger partial charge in [0.15, 0.2) is 17.6 Å². The maximum atomic E-state index is 11.0. The highest BCUT2D eigenvalue weighted by molar-refractivity contribution is 5.73. The van der Waals surface area contributed by atoms with Crippen LogP contribution in [0, 0.1) is 0 Å². The average molecular weight is 222 g/mol. The summed E-state index contributed by atoms with van der Waals surface area (Å²) >= 11 is 0. The summed E-state index contributed by atoms with van der Waals surface area (Å²) in [5, 5.41) is 5.16. The molecule has 1 aromatic rings. The van der Waals surface area contributed by atoms with E-state index in [2.05, 4.69) is 10.6 Å². The number of carbonyl (C=O) groups excluding carboxylic acids is 1. The minimum absolute atomic E-state index is 0.146. The number of rotatable bonds is 2. The summed E-state index contributed by atoms with van der Waals surface area (Å²) in [5.41, 5.74) is 0. The van der Waals surface area contributed by atoms with Crippen LogP contribution in [0.25, 0.3) is 0 Å². The normalized spacial score (nSPS) is 17.7. The summed E-state index contributed by atoms with van der Waals surface area (Å²) in [6, 6.07) is 7.27. The molecule has 0 radical (unpaired) electrons. The van der Waals surface area contributed by atoms with E-state index in [0.29, 0.717) is 13.2 Å². The highest BCUT2D eigenvalue weighted by Crippen LogP contribution is 2.30. The Morgan fingerprint density at radius 2 is 2.19 bits per heavy atom. The lowest BCUT2D eigenvalue weighted by molar-refractivity contribution is 0.0919. The highest BCUT2D eigenvalue weighted by Gasteiger charge is 2.20. The number of benzene rings is 1. The zero-order valence-electron chi connectivity index (χ0n) is 9.03. The maximum Gasteiger partial charge on any atom is 0.314 e. The van der Waals surface area contributed by atoms with Crippen molar-refractivity contribution in [2.75, 3.05) is 20.2 Å². The predicted molar refractivity (Wildman–Crippen MR) is 58.8 cm³/mol. The number of fused-ring (bicyclic) bond motifs is 1. The maximum absolute atomic E-state index is 11.0. The molecule has 5 heteroatoms. The second-order valence-electron chi connectivity index (χ2n) is 3.46. The second kappa shape index (κ2) is 4.74. The van der Waals surface area contributed by atoms with Gasteiger partial charge in [0.1, 0.15) is 6.61 Å². The van der Waals surface area contributed by atoms with E-state index in [9.17, 15) is 4.79 Å². The Morgan fingerprint density at radius 3 is 2.94 bits per heavy atom. The first kappa shape index (κ1) is 10.6. The van der Waals surface area contributed by atoms with Gasteiger partial charge in [-0.05, 0) is 12.1 Å². The van der Waals surface area contributed by atoms with Crippen molar-refractivity contribution in [3.63, 3.8) is 0 Å². The molecule has 0 aliphatic carbocycles. The molecule has 16 heavy (non-hydrogen) atoms. The van der Waals surface area contributed by atoms with E-state index in [-0.39, 0.29) is 12.1 Å². The lowest BCUT2D eigenvalue weighted by Crippen LogP contribution is -2.43. The van der Waals surface area contributed by atoms with Gasteiger partial charge in [-0.1, -0.05) is 12.1 Å². The van der Waals surface area contributed by atoms with Crippen molar-refractivity contribution < 1.29 is 14.3 Å². The molecule has 1 aliphatic heterocycles. The van der Waals surface area contributed by atoms with Gasteiger partial charge >= 0.3 is 6.03 Å². The Labute approximate surface area is 93.7 Å². The van der Waals surface area contributed by atoms with Crippen molar-refractivity contribution in [1.82, 2.24) is 10.6 Å². The van der Waals surface area contributed by atoms with Gasteiger partial charge in [-0.25, -0.2) is 4.79 Å². The number of hydrogen-bond acceptors (Lipinski definition) is 3. The first-order chi connectivity index (χ1) is 7.79. The van der Waals surface area contributed by atoms with Gasteiger partial charge in [0.05, 0.1) is 6.54 Å². The Hall–Kier alpha value is -1.91. The van der Waals surface area contributed by atoms with Crippen molar-refractivity contribution in [3.05, 3.63) is 24.3 Å². The van der Waals surface area contributed by atoms with Crippen LogP contribution in [0.15, 0.2) is 24.3 Å². The zero-order chi connectivity index (χ0) is 11.4. The standard InChI is InChI=1S/C11H14N2O3/c1-12-11(14)13-6-8-7-15-9-4-2-3-5-10(9)16-8/h2-5,8H,6-7H2,1H3,(H2,12,13,14). The lowest BCUT2D eigenvalue weighted by Gasteiger charge is -2.26. The number of hydrogen-bond donors (Lipinski definition) is 2. The van der Waals surface area contributed by atoms with Gasteiger partial charge in [0.25, 0.3) is 0 Å². The molecule has 5 nitrogen and oxygen atoms in total. The van der Waals surface area contributed by atoms with Gasteiger partial charge in [-0.3, -0.25) is 0 Å². The fourth-order valence-corrected chi connectivity index (χ4v) is 1.46. The van der Waals surface area contributed by atoms with Crippen LogP contribution in [0.5, 0.6) is 11.5 Å². The van der Waals surface area contributed by atoms with Crippen LogP contribution in [0.1, 0.15) is 0 Å². The van der Waals surface area contributed by atoms with E-state index in [4.69, 9.17) is 9.47 Å². The number of carbonyl (C=O) groups is 1. The molecule has 0 saturated heterocycles. The molecule has 0 saturated carbocycles. The van der Waals surface area contributed by atoms with Crippen LogP contribution in [0.2, 0.25) is 0 Å². The molecule has 1 aromatic carbocycles. The van der Waals surface area contributed by atoms with Crippen molar-refractivity contribution in [1.29, 1.82) is 0 Å². The zero-order valence-corrected chi connectivity index (χ0v) is 9.03. The first-order valence-electron chi connectivity index (χ1n) is 5.13. The molecule has 0 bridgehead atoms. The molecule has 1 atom stereocenters. The van der Waals surface area contributed by atoms with Gasteiger partial charge in [-0.2, -0.15) is 0 Å². The Bertz CT molecular complexity index is 381. The second-order valence-corrected chi connectivity index (χ2v) is 3.46. The Kier molecular flexibility index (Phi) is 3.14. The molecule has 0 aromatic heterocycles. The quantitative estimate of drug-likeness (QED) is 0.776. The van der Waals surface area contributed by atoms with E-state index in [1.165, 1.54) is 0 Å². The van der Waals surface area contributed by atoms with Crippen molar-refractivity contribution in [3.8, 4) is 11.5 Å². The number of urea groups is 1. The van der Waals surface area contributed by atoms with Gasteiger partial charge in [0.2, 0.25) is 0 Å². The van der Waals surface area contributed by atoms with E-state index >= 15 is 0 Å². The number of ether oxygens (including phenoxy) is 2. The largest absolute Gasteiger partial charge is 0.486 e. The van der Waals surface area contributed by atoms with Gasteiger partial charge < -0.3 is 20.1 Å². The fraction of sp³-hybridized carbons (Fsp3) is 0.364. The van der Waals surface area contributed by atoms with Gasteiger partial charge in [0, 0.05) is 7.05 Å². The number of para-hydroxylation sites is 2. The summed E-state index contributed by atoms with van der Waals surface area (Å²) in [4.78, 5) is 11.0. The van der Waals surface area contributed by atoms with Gasteiger partial charge in [-0.15, -0.1) is 0 Å². The summed E-state index contributed by atoms with van der Waals surface area (Å²) in [6.45, 7) is 0.870. The lowest BCUT2D eigenvalue weighted by atomic mass is 10.2. The molecule has 86 valence electrons. The van der Waals surface area contributed by atoms with Crippen molar-refractivity contribution >= 4 is 6.03 Å². The third-order valence-electron chi connectivity index (χ3n) is 2.28. The van der Waals surface area contributed by atoms with Crippen LogP contribution in [0.4, 0.5) is 4.79 Å². The number of amides is 2. The molecule has 1 heterocycles. The molecule has 1 aliphatic rings. The molecule has 2 amide bonds.